The van der Waals surface area contributed by atoms with E-state index in [9.17, 15) is 9.59 Å². The topological polar surface area (TPSA) is 66.4 Å². The van der Waals surface area contributed by atoms with Crippen molar-refractivity contribution in [3.8, 4) is 0 Å². The largest absolute Gasteiger partial charge is 0.481 e. The Morgan fingerprint density at radius 2 is 2.18 bits per heavy atom. The van der Waals surface area contributed by atoms with Crippen molar-refractivity contribution in [2.45, 2.75) is 19.9 Å². The normalized spacial score (nSPS) is 14.5. The van der Waals surface area contributed by atoms with Crippen molar-refractivity contribution < 1.29 is 14.7 Å². The molecule has 1 aromatic rings. The summed E-state index contributed by atoms with van der Waals surface area (Å²) < 4.78 is 0. The lowest BCUT2D eigenvalue weighted by molar-refractivity contribution is -0.142. The van der Waals surface area contributed by atoms with Crippen LogP contribution in [0.5, 0.6) is 0 Å². The number of carbonyl (C=O) groups excluding carboxylic acids is 1. The Balaban J connectivity index is 2.47. The molecule has 1 amide bonds. The zero-order valence-corrected chi connectivity index (χ0v) is 10.5. The van der Waals surface area contributed by atoms with Gasteiger partial charge in [0.05, 0.1) is 5.92 Å². The summed E-state index contributed by atoms with van der Waals surface area (Å²) in [6, 6.07) is 3.41. The summed E-state index contributed by atoms with van der Waals surface area (Å²) in [5.74, 6) is -1.80. The van der Waals surface area contributed by atoms with Gasteiger partial charge < -0.3 is 10.4 Å². The second kappa shape index (κ2) is 6.20. The number of carbonyl (C=O) groups is 2. The molecule has 0 fully saturated rings. The minimum Gasteiger partial charge on any atom is -0.481 e. The van der Waals surface area contributed by atoms with E-state index in [0.29, 0.717) is 0 Å². The van der Waals surface area contributed by atoms with Gasteiger partial charge in [-0.1, -0.05) is 6.07 Å². The summed E-state index contributed by atoms with van der Waals surface area (Å²) in [6.07, 6.45) is 3.12. The van der Waals surface area contributed by atoms with Crippen LogP contribution in [0.4, 0.5) is 0 Å². The number of carboxylic acid groups (broad SMARTS) is 1. The molecule has 1 rings (SSSR count). The van der Waals surface area contributed by atoms with E-state index in [-0.39, 0.29) is 5.91 Å². The maximum Gasteiger partial charge on any atom is 0.308 e. The second-order valence-corrected chi connectivity index (χ2v) is 4.75. The minimum absolute atomic E-state index is 0.279. The first-order chi connectivity index (χ1) is 8.00. The average molecular weight is 253 g/mol. The number of aliphatic carboxylic acids is 1. The summed E-state index contributed by atoms with van der Waals surface area (Å²) >= 11 is 1.53. The van der Waals surface area contributed by atoms with Gasteiger partial charge in [0.15, 0.2) is 0 Å². The van der Waals surface area contributed by atoms with Crippen molar-refractivity contribution in [2.24, 2.45) is 5.92 Å². The van der Waals surface area contributed by atoms with Crippen LogP contribution in [0.25, 0.3) is 6.08 Å². The molecule has 0 radical (unpaired) electrons. The van der Waals surface area contributed by atoms with Crippen LogP contribution in [0.3, 0.4) is 0 Å². The third-order valence-electron chi connectivity index (χ3n) is 2.45. The van der Waals surface area contributed by atoms with Gasteiger partial charge in [0.1, 0.15) is 0 Å². The maximum absolute atomic E-state index is 11.5. The minimum atomic E-state index is -0.917. The van der Waals surface area contributed by atoms with E-state index in [0.717, 1.165) is 4.88 Å². The van der Waals surface area contributed by atoms with Crippen LogP contribution in [0, 0.1) is 5.92 Å². The Morgan fingerprint density at radius 3 is 2.71 bits per heavy atom. The van der Waals surface area contributed by atoms with Crippen LogP contribution in [-0.4, -0.2) is 23.0 Å². The lowest BCUT2D eigenvalue weighted by Gasteiger charge is -2.16. The Bertz CT molecular complexity index is 411. The highest BCUT2D eigenvalue weighted by molar-refractivity contribution is 7.10. The van der Waals surface area contributed by atoms with Crippen LogP contribution in [0.1, 0.15) is 18.7 Å². The molecule has 17 heavy (non-hydrogen) atoms. The fourth-order valence-electron chi connectivity index (χ4n) is 1.16. The summed E-state index contributed by atoms with van der Waals surface area (Å²) in [7, 11) is 0. The quantitative estimate of drug-likeness (QED) is 0.789. The van der Waals surface area contributed by atoms with E-state index in [1.54, 1.807) is 19.9 Å². The van der Waals surface area contributed by atoms with E-state index in [1.165, 1.54) is 17.4 Å². The van der Waals surface area contributed by atoms with Crippen LogP contribution >= 0.6 is 11.3 Å². The number of amides is 1. The van der Waals surface area contributed by atoms with Gasteiger partial charge >= 0.3 is 5.97 Å². The molecule has 0 saturated heterocycles. The molecule has 0 bridgehead atoms. The lowest BCUT2D eigenvalue weighted by atomic mass is 10.0. The molecule has 2 unspecified atom stereocenters. The van der Waals surface area contributed by atoms with Gasteiger partial charge in [-0.25, -0.2) is 0 Å². The van der Waals surface area contributed by atoms with Crippen molar-refractivity contribution in [3.63, 3.8) is 0 Å². The number of thiophene rings is 1. The van der Waals surface area contributed by atoms with E-state index in [2.05, 4.69) is 5.32 Å². The molecule has 1 heterocycles. The molecule has 0 spiro atoms. The Hall–Kier alpha value is -1.62. The van der Waals surface area contributed by atoms with Crippen molar-refractivity contribution in [3.05, 3.63) is 28.5 Å². The fraction of sp³-hybridized carbons (Fsp3) is 0.333. The molecule has 4 nitrogen and oxygen atoms in total. The maximum atomic E-state index is 11.5. The summed E-state index contributed by atoms with van der Waals surface area (Å²) in [4.78, 5) is 23.2. The Kier molecular flexibility index (Phi) is 4.90. The second-order valence-electron chi connectivity index (χ2n) is 3.77. The SMILES string of the molecule is CC(NC(=O)/C=C/c1cccs1)C(C)C(=O)O. The Labute approximate surface area is 104 Å². The van der Waals surface area contributed by atoms with Crippen LogP contribution in [0.15, 0.2) is 23.6 Å². The van der Waals surface area contributed by atoms with E-state index < -0.39 is 17.9 Å². The smallest absolute Gasteiger partial charge is 0.308 e. The van der Waals surface area contributed by atoms with Gasteiger partial charge in [-0.2, -0.15) is 0 Å². The molecule has 5 heteroatoms. The number of hydrogen-bond acceptors (Lipinski definition) is 3. The monoisotopic (exact) mass is 253 g/mol. The highest BCUT2D eigenvalue weighted by Gasteiger charge is 2.19. The summed E-state index contributed by atoms with van der Waals surface area (Å²) in [5.41, 5.74) is 0. The van der Waals surface area contributed by atoms with Crippen LogP contribution in [-0.2, 0) is 9.59 Å². The van der Waals surface area contributed by atoms with Gasteiger partial charge in [0.25, 0.3) is 0 Å². The standard InChI is InChI=1S/C12H15NO3S/c1-8(12(15)16)9(2)13-11(14)6-5-10-4-3-7-17-10/h3-9H,1-2H3,(H,13,14)(H,15,16)/b6-5+. The number of hydrogen-bond donors (Lipinski definition) is 2. The molecule has 0 saturated carbocycles. The summed E-state index contributed by atoms with van der Waals surface area (Å²) in [5, 5.41) is 13.3. The highest BCUT2D eigenvalue weighted by Crippen LogP contribution is 2.10. The van der Waals surface area contributed by atoms with Crippen molar-refractivity contribution in [2.75, 3.05) is 0 Å². The van der Waals surface area contributed by atoms with Crippen molar-refractivity contribution in [1.82, 2.24) is 5.32 Å². The number of carboxylic acids is 1. The Morgan fingerprint density at radius 1 is 1.47 bits per heavy atom. The van der Waals surface area contributed by atoms with Gasteiger partial charge in [-0.15, -0.1) is 11.3 Å². The van der Waals surface area contributed by atoms with Gasteiger partial charge in [0.2, 0.25) is 5.91 Å². The molecule has 2 atom stereocenters. The molecule has 92 valence electrons. The van der Waals surface area contributed by atoms with Crippen molar-refractivity contribution in [1.29, 1.82) is 0 Å². The van der Waals surface area contributed by atoms with Gasteiger partial charge in [-0.05, 0) is 31.4 Å². The predicted molar refractivity (Wildman–Crippen MR) is 67.8 cm³/mol. The van der Waals surface area contributed by atoms with Crippen LogP contribution < -0.4 is 5.32 Å². The molecular weight excluding hydrogens is 238 g/mol. The molecule has 1 aromatic heterocycles. The van der Waals surface area contributed by atoms with Crippen LogP contribution in [0.2, 0.25) is 0 Å². The molecule has 0 aromatic carbocycles. The molecular formula is C12H15NO3S. The zero-order valence-electron chi connectivity index (χ0n) is 9.71. The third-order valence-corrected chi connectivity index (χ3v) is 3.29. The van der Waals surface area contributed by atoms with E-state index in [1.807, 2.05) is 17.5 Å². The van der Waals surface area contributed by atoms with E-state index in [4.69, 9.17) is 5.11 Å². The van der Waals surface area contributed by atoms with Crippen molar-refractivity contribution >= 4 is 29.3 Å². The average Bonchev–Trinajstić information content (AvgIpc) is 2.77. The highest BCUT2D eigenvalue weighted by atomic mass is 32.1. The number of rotatable bonds is 5. The summed E-state index contributed by atoms with van der Waals surface area (Å²) in [6.45, 7) is 3.24. The molecule has 0 aliphatic rings. The third kappa shape index (κ3) is 4.40. The number of nitrogens with one attached hydrogen (secondary N) is 1. The molecule has 0 aliphatic carbocycles. The van der Waals surface area contributed by atoms with E-state index >= 15 is 0 Å². The first-order valence-electron chi connectivity index (χ1n) is 5.25. The fourth-order valence-corrected chi connectivity index (χ4v) is 1.77. The molecule has 2 N–H and O–H groups in total. The first kappa shape index (κ1) is 13.4. The molecule has 0 aliphatic heterocycles. The van der Waals surface area contributed by atoms with Gasteiger partial charge in [-0.3, -0.25) is 9.59 Å². The van der Waals surface area contributed by atoms with Gasteiger partial charge in [0, 0.05) is 17.0 Å². The zero-order chi connectivity index (χ0) is 12.8. The lowest BCUT2D eigenvalue weighted by Crippen LogP contribution is -2.39. The predicted octanol–water partition coefficient (Wildman–Crippen LogP) is 1.99. The first-order valence-corrected chi connectivity index (χ1v) is 6.13.